The van der Waals surface area contributed by atoms with E-state index in [1.807, 2.05) is 6.07 Å². The molecule has 0 amide bonds. The van der Waals surface area contributed by atoms with Gasteiger partial charge in [-0.15, -0.1) is 0 Å². The topological polar surface area (TPSA) is 26.0 Å². The first-order chi connectivity index (χ1) is 6.75. The second-order valence-electron chi connectivity index (χ2n) is 4.01. The van der Waals surface area contributed by atoms with Crippen LogP contribution in [0.25, 0.3) is 0 Å². The summed E-state index contributed by atoms with van der Waals surface area (Å²) in [7, 11) is 0. The third-order valence-corrected chi connectivity index (χ3v) is 2.86. The molecule has 1 aromatic carbocycles. The summed E-state index contributed by atoms with van der Waals surface area (Å²) >= 11 is 0. The zero-order chi connectivity index (χ0) is 10.4. The molecule has 2 N–H and O–H groups in total. The Labute approximate surface area is 87.3 Å². The molecule has 2 atom stereocenters. The van der Waals surface area contributed by atoms with Crippen LogP contribution in [0.5, 0.6) is 0 Å². The summed E-state index contributed by atoms with van der Waals surface area (Å²) in [5.41, 5.74) is 7.49. The first kappa shape index (κ1) is 11.3. The molecule has 1 aromatic rings. The number of benzene rings is 1. The molecule has 14 heavy (non-hydrogen) atoms. The minimum absolute atomic E-state index is 0.303. The van der Waals surface area contributed by atoms with Gasteiger partial charge in [0.2, 0.25) is 0 Å². The van der Waals surface area contributed by atoms with Gasteiger partial charge in [-0.3, -0.25) is 0 Å². The predicted octanol–water partition coefficient (Wildman–Crippen LogP) is 3.31. The van der Waals surface area contributed by atoms with Crippen LogP contribution in [-0.2, 0) is 0 Å². The van der Waals surface area contributed by atoms with Gasteiger partial charge in [-0.05, 0) is 17.9 Å². The summed E-state index contributed by atoms with van der Waals surface area (Å²) in [4.78, 5) is 0. The molecule has 0 aliphatic rings. The SMILES string of the molecule is CCCC[C@@H](N)[C@@H](C)c1ccccc1. The maximum atomic E-state index is 6.14. The molecule has 0 fully saturated rings. The van der Waals surface area contributed by atoms with Crippen molar-refractivity contribution in [2.24, 2.45) is 5.73 Å². The van der Waals surface area contributed by atoms with E-state index in [0.717, 1.165) is 6.42 Å². The van der Waals surface area contributed by atoms with Crippen molar-refractivity contribution in [1.29, 1.82) is 0 Å². The summed E-state index contributed by atoms with van der Waals surface area (Å²) in [6, 6.07) is 10.8. The molecule has 0 aromatic heterocycles. The molecular weight excluding hydrogens is 170 g/mol. The molecule has 0 unspecified atom stereocenters. The summed E-state index contributed by atoms with van der Waals surface area (Å²) in [6.07, 6.45) is 3.60. The number of unbranched alkanes of at least 4 members (excludes halogenated alkanes) is 1. The van der Waals surface area contributed by atoms with Crippen LogP contribution >= 0.6 is 0 Å². The van der Waals surface area contributed by atoms with E-state index in [0.29, 0.717) is 12.0 Å². The van der Waals surface area contributed by atoms with Gasteiger partial charge in [0.25, 0.3) is 0 Å². The van der Waals surface area contributed by atoms with Crippen LogP contribution in [0.4, 0.5) is 0 Å². The third kappa shape index (κ3) is 3.15. The van der Waals surface area contributed by atoms with Crippen molar-refractivity contribution < 1.29 is 0 Å². The second-order valence-corrected chi connectivity index (χ2v) is 4.01. The van der Waals surface area contributed by atoms with E-state index >= 15 is 0 Å². The Balaban J connectivity index is 2.52. The Morgan fingerprint density at radius 2 is 1.86 bits per heavy atom. The standard InChI is InChI=1S/C13H21N/c1-3-4-10-13(14)11(2)12-8-6-5-7-9-12/h5-9,11,13H,3-4,10,14H2,1-2H3/t11-,13+/m0/s1. The summed E-state index contributed by atoms with van der Waals surface area (Å²) in [6.45, 7) is 4.43. The van der Waals surface area contributed by atoms with Gasteiger partial charge >= 0.3 is 0 Å². The normalized spacial score (nSPS) is 15.1. The largest absolute Gasteiger partial charge is 0.327 e. The molecular formula is C13H21N. The lowest BCUT2D eigenvalue weighted by atomic mass is 9.91. The van der Waals surface area contributed by atoms with Crippen molar-refractivity contribution >= 4 is 0 Å². The van der Waals surface area contributed by atoms with Gasteiger partial charge in [0, 0.05) is 6.04 Å². The van der Waals surface area contributed by atoms with Crippen molar-refractivity contribution in [2.45, 2.75) is 45.1 Å². The highest BCUT2D eigenvalue weighted by atomic mass is 14.6. The average molecular weight is 191 g/mol. The van der Waals surface area contributed by atoms with Crippen LogP contribution in [0.2, 0.25) is 0 Å². The van der Waals surface area contributed by atoms with Gasteiger partial charge in [0.05, 0.1) is 0 Å². The van der Waals surface area contributed by atoms with Crippen molar-refractivity contribution in [3.63, 3.8) is 0 Å². The monoisotopic (exact) mass is 191 g/mol. The zero-order valence-electron chi connectivity index (χ0n) is 9.24. The van der Waals surface area contributed by atoms with Gasteiger partial charge in [0.1, 0.15) is 0 Å². The number of rotatable bonds is 5. The maximum Gasteiger partial charge on any atom is 0.0105 e. The second kappa shape index (κ2) is 5.82. The highest BCUT2D eigenvalue weighted by Gasteiger charge is 2.13. The van der Waals surface area contributed by atoms with Gasteiger partial charge in [-0.2, -0.15) is 0 Å². The molecule has 0 aliphatic carbocycles. The van der Waals surface area contributed by atoms with Crippen molar-refractivity contribution in [1.82, 2.24) is 0 Å². The van der Waals surface area contributed by atoms with Gasteiger partial charge in [-0.1, -0.05) is 57.0 Å². The van der Waals surface area contributed by atoms with Crippen molar-refractivity contribution in [3.8, 4) is 0 Å². The maximum absolute atomic E-state index is 6.14. The lowest BCUT2D eigenvalue weighted by molar-refractivity contribution is 0.507. The first-order valence-electron chi connectivity index (χ1n) is 5.56. The lowest BCUT2D eigenvalue weighted by Gasteiger charge is -2.19. The number of hydrogen-bond donors (Lipinski definition) is 1. The highest BCUT2D eigenvalue weighted by Crippen LogP contribution is 2.20. The molecule has 1 rings (SSSR count). The van der Waals surface area contributed by atoms with Crippen LogP contribution in [0, 0.1) is 0 Å². The molecule has 0 spiro atoms. The van der Waals surface area contributed by atoms with E-state index in [2.05, 4.69) is 38.1 Å². The fourth-order valence-electron chi connectivity index (χ4n) is 1.69. The zero-order valence-corrected chi connectivity index (χ0v) is 9.24. The fraction of sp³-hybridized carbons (Fsp3) is 0.538. The van der Waals surface area contributed by atoms with Crippen LogP contribution in [0.1, 0.15) is 44.6 Å². The summed E-state index contributed by atoms with van der Waals surface area (Å²) < 4.78 is 0. The van der Waals surface area contributed by atoms with Gasteiger partial charge in [0.15, 0.2) is 0 Å². The smallest absolute Gasteiger partial charge is 0.0105 e. The summed E-state index contributed by atoms with van der Waals surface area (Å²) in [5, 5.41) is 0. The molecule has 0 radical (unpaired) electrons. The van der Waals surface area contributed by atoms with Crippen LogP contribution in [-0.4, -0.2) is 6.04 Å². The van der Waals surface area contributed by atoms with Crippen molar-refractivity contribution in [2.75, 3.05) is 0 Å². The van der Waals surface area contributed by atoms with E-state index < -0.39 is 0 Å². The van der Waals surface area contributed by atoms with Crippen LogP contribution in [0.15, 0.2) is 30.3 Å². The van der Waals surface area contributed by atoms with E-state index in [9.17, 15) is 0 Å². The van der Waals surface area contributed by atoms with E-state index in [1.165, 1.54) is 18.4 Å². The Bertz CT molecular complexity index is 243. The van der Waals surface area contributed by atoms with Gasteiger partial charge in [-0.25, -0.2) is 0 Å². The first-order valence-corrected chi connectivity index (χ1v) is 5.56. The summed E-state index contributed by atoms with van der Waals surface area (Å²) in [5.74, 6) is 0.475. The minimum atomic E-state index is 0.303. The Hall–Kier alpha value is -0.820. The molecule has 1 nitrogen and oxygen atoms in total. The minimum Gasteiger partial charge on any atom is -0.327 e. The van der Waals surface area contributed by atoms with Crippen molar-refractivity contribution in [3.05, 3.63) is 35.9 Å². The Kier molecular flexibility index (Phi) is 4.68. The van der Waals surface area contributed by atoms with Crippen LogP contribution in [0.3, 0.4) is 0 Å². The number of nitrogens with two attached hydrogens (primary N) is 1. The quantitative estimate of drug-likeness (QED) is 0.759. The third-order valence-electron chi connectivity index (χ3n) is 2.86. The van der Waals surface area contributed by atoms with E-state index in [4.69, 9.17) is 5.73 Å². The molecule has 0 saturated heterocycles. The number of hydrogen-bond acceptors (Lipinski definition) is 1. The molecule has 78 valence electrons. The molecule has 0 saturated carbocycles. The fourth-order valence-corrected chi connectivity index (χ4v) is 1.69. The van der Waals surface area contributed by atoms with E-state index in [-0.39, 0.29) is 0 Å². The Morgan fingerprint density at radius 3 is 2.43 bits per heavy atom. The van der Waals surface area contributed by atoms with E-state index in [1.54, 1.807) is 0 Å². The Morgan fingerprint density at radius 1 is 1.21 bits per heavy atom. The molecule has 1 heteroatoms. The molecule has 0 bridgehead atoms. The molecule has 0 aliphatic heterocycles. The van der Waals surface area contributed by atoms with Crippen LogP contribution < -0.4 is 5.73 Å². The lowest BCUT2D eigenvalue weighted by Crippen LogP contribution is -2.26. The predicted molar refractivity (Wildman–Crippen MR) is 62.4 cm³/mol. The van der Waals surface area contributed by atoms with Gasteiger partial charge < -0.3 is 5.73 Å². The highest BCUT2D eigenvalue weighted by molar-refractivity contribution is 5.20. The molecule has 0 heterocycles. The average Bonchev–Trinajstić information content (AvgIpc) is 2.26.